The van der Waals surface area contributed by atoms with Crippen molar-refractivity contribution < 1.29 is 4.79 Å². The summed E-state index contributed by atoms with van der Waals surface area (Å²) in [6.07, 6.45) is 6.52. The number of pyridine rings is 1. The van der Waals surface area contributed by atoms with Crippen molar-refractivity contribution in [2.75, 3.05) is 6.54 Å². The molecule has 0 saturated carbocycles. The molecule has 0 radical (unpaired) electrons. The molecule has 0 N–H and O–H groups in total. The zero-order valence-corrected chi connectivity index (χ0v) is 11.4. The lowest BCUT2D eigenvalue weighted by Crippen LogP contribution is -2.43. The fourth-order valence-electron chi connectivity index (χ4n) is 2.75. The van der Waals surface area contributed by atoms with E-state index in [4.69, 9.17) is 0 Å². The van der Waals surface area contributed by atoms with Crippen LogP contribution in [0.25, 0.3) is 0 Å². The first-order valence-corrected chi connectivity index (χ1v) is 6.98. The summed E-state index contributed by atoms with van der Waals surface area (Å²) < 4.78 is 0. The molecular formula is C15H22N2O. The van der Waals surface area contributed by atoms with Gasteiger partial charge >= 0.3 is 0 Å². The second-order valence-corrected chi connectivity index (χ2v) is 4.95. The molecule has 0 aromatic carbocycles. The molecule has 98 valence electrons. The van der Waals surface area contributed by atoms with Gasteiger partial charge in [-0.25, -0.2) is 0 Å². The molecule has 1 unspecified atom stereocenters. The summed E-state index contributed by atoms with van der Waals surface area (Å²) in [4.78, 5) is 18.5. The predicted molar refractivity (Wildman–Crippen MR) is 72.3 cm³/mol. The lowest BCUT2D eigenvalue weighted by molar-refractivity contribution is -0.133. The molecule has 1 aromatic heterocycles. The average Bonchev–Trinajstić information content (AvgIpc) is 2.43. The Bertz CT molecular complexity index is 417. The number of aromatic nitrogens is 1. The Kier molecular flexibility index (Phi) is 4.34. The normalized spacial score (nSPS) is 18.2. The zero-order valence-electron chi connectivity index (χ0n) is 11.4. The standard InChI is InChI=1S/C15H22N2O/c1-3-10-17(15(18)4-2)13-8-7-12-6-5-9-16-14(12)11-13/h5-6,9,13H,3-4,7-8,10-11H2,1-2H3. The van der Waals surface area contributed by atoms with Crippen LogP contribution in [0, 0.1) is 0 Å². The van der Waals surface area contributed by atoms with Gasteiger partial charge in [0.25, 0.3) is 0 Å². The monoisotopic (exact) mass is 246 g/mol. The van der Waals surface area contributed by atoms with Crippen molar-refractivity contribution in [3.63, 3.8) is 0 Å². The third-order valence-electron chi connectivity index (χ3n) is 3.69. The van der Waals surface area contributed by atoms with E-state index in [0.717, 1.165) is 32.2 Å². The van der Waals surface area contributed by atoms with Gasteiger partial charge in [-0.3, -0.25) is 9.78 Å². The molecule has 1 aromatic rings. The van der Waals surface area contributed by atoms with E-state index in [1.54, 1.807) is 0 Å². The molecule has 18 heavy (non-hydrogen) atoms. The number of hydrogen-bond donors (Lipinski definition) is 0. The number of aryl methyl sites for hydroxylation is 1. The first-order chi connectivity index (χ1) is 8.76. The van der Waals surface area contributed by atoms with E-state index in [9.17, 15) is 4.79 Å². The Morgan fingerprint density at radius 1 is 1.50 bits per heavy atom. The molecule has 1 aliphatic rings. The van der Waals surface area contributed by atoms with E-state index < -0.39 is 0 Å². The first kappa shape index (κ1) is 13.1. The van der Waals surface area contributed by atoms with Crippen LogP contribution in [0.2, 0.25) is 0 Å². The molecule has 2 rings (SSSR count). The molecule has 1 heterocycles. The second kappa shape index (κ2) is 5.98. The van der Waals surface area contributed by atoms with E-state index in [1.807, 2.05) is 19.2 Å². The minimum atomic E-state index is 0.279. The molecule has 1 amide bonds. The van der Waals surface area contributed by atoms with E-state index in [1.165, 1.54) is 11.3 Å². The predicted octanol–water partition coefficient (Wildman–Crippen LogP) is 2.59. The molecule has 0 aliphatic heterocycles. The van der Waals surface area contributed by atoms with Crippen LogP contribution in [0.3, 0.4) is 0 Å². The van der Waals surface area contributed by atoms with Gasteiger partial charge in [0, 0.05) is 37.3 Å². The fraction of sp³-hybridized carbons (Fsp3) is 0.600. The zero-order chi connectivity index (χ0) is 13.0. The summed E-state index contributed by atoms with van der Waals surface area (Å²) in [6, 6.07) is 4.50. The number of hydrogen-bond acceptors (Lipinski definition) is 2. The number of fused-ring (bicyclic) bond motifs is 1. The van der Waals surface area contributed by atoms with Gasteiger partial charge in [-0.1, -0.05) is 19.9 Å². The van der Waals surface area contributed by atoms with Crippen molar-refractivity contribution in [2.24, 2.45) is 0 Å². The van der Waals surface area contributed by atoms with Gasteiger partial charge in [-0.15, -0.1) is 0 Å². The van der Waals surface area contributed by atoms with Gasteiger partial charge in [0.2, 0.25) is 5.91 Å². The van der Waals surface area contributed by atoms with Crippen LogP contribution in [0.15, 0.2) is 18.3 Å². The van der Waals surface area contributed by atoms with Crippen LogP contribution in [0.1, 0.15) is 44.4 Å². The fourth-order valence-corrected chi connectivity index (χ4v) is 2.75. The molecule has 0 bridgehead atoms. The summed E-state index contributed by atoms with van der Waals surface area (Å²) in [5.74, 6) is 0.279. The highest BCUT2D eigenvalue weighted by molar-refractivity contribution is 5.76. The topological polar surface area (TPSA) is 33.2 Å². The molecular weight excluding hydrogens is 224 g/mol. The smallest absolute Gasteiger partial charge is 0.222 e. The Balaban J connectivity index is 2.12. The van der Waals surface area contributed by atoms with Gasteiger partial charge in [-0.05, 0) is 30.9 Å². The summed E-state index contributed by atoms with van der Waals surface area (Å²) in [6.45, 7) is 4.95. The van der Waals surface area contributed by atoms with Gasteiger partial charge in [0.15, 0.2) is 0 Å². The number of nitrogens with zero attached hydrogens (tertiary/aromatic N) is 2. The maximum absolute atomic E-state index is 12.0. The van der Waals surface area contributed by atoms with Crippen LogP contribution in [-0.2, 0) is 17.6 Å². The first-order valence-electron chi connectivity index (χ1n) is 6.98. The molecule has 3 heteroatoms. The van der Waals surface area contributed by atoms with E-state index in [0.29, 0.717) is 12.5 Å². The Morgan fingerprint density at radius 2 is 2.33 bits per heavy atom. The third-order valence-corrected chi connectivity index (χ3v) is 3.69. The van der Waals surface area contributed by atoms with Crippen molar-refractivity contribution in [3.05, 3.63) is 29.6 Å². The quantitative estimate of drug-likeness (QED) is 0.818. The van der Waals surface area contributed by atoms with Gasteiger partial charge < -0.3 is 4.90 Å². The van der Waals surface area contributed by atoms with Crippen molar-refractivity contribution in [3.8, 4) is 0 Å². The highest BCUT2D eigenvalue weighted by Crippen LogP contribution is 2.23. The van der Waals surface area contributed by atoms with Crippen LogP contribution in [0.5, 0.6) is 0 Å². The molecule has 0 fully saturated rings. The summed E-state index contributed by atoms with van der Waals surface area (Å²) in [7, 11) is 0. The van der Waals surface area contributed by atoms with Crippen LogP contribution < -0.4 is 0 Å². The molecule has 1 aliphatic carbocycles. The summed E-state index contributed by atoms with van der Waals surface area (Å²) in [5.41, 5.74) is 2.54. The van der Waals surface area contributed by atoms with Gasteiger partial charge in [-0.2, -0.15) is 0 Å². The number of carbonyl (C=O) groups excluding carboxylic acids is 1. The van der Waals surface area contributed by atoms with Crippen molar-refractivity contribution >= 4 is 5.91 Å². The highest BCUT2D eigenvalue weighted by atomic mass is 16.2. The summed E-state index contributed by atoms with van der Waals surface area (Å²) in [5, 5.41) is 0. The Labute approximate surface area is 109 Å². The largest absolute Gasteiger partial charge is 0.339 e. The second-order valence-electron chi connectivity index (χ2n) is 4.95. The van der Waals surface area contributed by atoms with Crippen LogP contribution in [0.4, 0.5) is 0 Å². The van der Waals surface area contributed by atoms with Crippen LogP contribution >= 0.6 is 0 Å². The lowest BCUT2D eigenvalue weighted by atomic mass is 9.91. The minimum Gasteiger partial charge on any atom is -0.339 e. The van der Waals surface area contributed by atoms with Crippen molar-refractivity contribution in [2.45, 2.75) is 52.0 Å². The molecule has 3 nitrogen and oxygen atoms in total. The highest BCUT2D eigenvalue weighted by Gasteiger charge is 2.26. The van der Waals surface area contributed by atoms with Crippen molar-refractivity contribution in [1.82, 2.24) is 9.88 Å². The van der Waals surface area contributed by atoms with Gasteiger partial charge in [0.05, 0.1) is 0 Å². The maximum atomic E-state index is 12.0. The van der Waals surface area contributed by atoms with Crippen molar-refractivity contribution in [1.29, 1.82) is 0 Å². The minimum absolute atomic E-state index is 0.279. The number of rotatable bonds is 4. The average molecular weight is 246 g/mol. The molecule has 1 atom stereocenters. The van der Waals surface area contributed by atoms with Gasteiger partial charge in [0.1, 0.15) is 0 Å². The summed E-state index contributed by atoms with van der Waals surface area (Å²) >= 11 is 0. The third kappa shape index (κ3) is 2.71. The SMILES string of the molecule is CCCN(C(=O)CC)C1CCc2cccnc2C1. The Morgan fingerprint density at radius 3 is 3.06 bits per heavy atom. The number of amides is 1. The lowest BCUT2D eigenvalue weighted by Gasteiger charge is -2.34. The number of carbonyl (C=O) groups is 1. The Hall–Kier alpha value is -1.38. The molecule has 0 spiro atoms. The van der Waals surface area contributed by atoms with Crippen LogP contribution in [-0.4, -0.2) is 28.4 Å². The van der Waals surface area contributed by atoms with E-state index in [-0.39, 0.29) is 5.91 Å². The molecule has 0 saturated heterocycles. The van der Waals surface area contributed by atoms with E-state index in [2.05, 4.69) is 22.9 Å². The maximum Gasteiger partial charge on any atom is 0.222 e. The van der Waals surface area contributed by atoms with E-state index >= 15 is 0 Å².